The number of rotatable bonds is 14. The number of nitrogens with one attached hydrogen (secondary N) is 1. The fraction of sp³-hybridized carbons (Fsp3) is 0.808. The molecule has 0 aliphatic carbocycles. The van der Waals surface area contributed by atoms with E-state index >= 15 is 0 Å². The zero-order valence-corrected chi connectivity index (χ0v) is 45.6. The molecule has 5 rings (SSSR count). The van der Waals surface area contributed by atoms with E-state index in [1.165, 1.54) is 37.1 Å². The van der Waals surface area contributed by atoms with Crippen molar-refractivity contribution in [2.75, 3.05) is 52.8 Å². The van der Waals surface area contributed by atoms with E-state index in [0.29, 0.717) is 12.2 Å². The minimum Gasteiger partial charge on any atom is -0.459 e. The van der Waals surface area contributed by atoms with Gasteiger partial charge in [0.2, 0.25) is 5.91 Å². The molecule has 0 radical (unpaired) electrons. The number of hydrogen-bond acceptors (Lipinski definition) is 19. The van der Waals surface area contributed by atoms with E-state index in [1.807, 2.05) is 11.8 Å². The largest absolute Gasteiger partial charge is 0.459 e. The van der Waals surface area contributed by atoms with E-state index < -0.39 is 144 Å². The fourth-order valence-electron chi connectivity index (χ4n) is 11.2. The first kappa shape index (κ1) is 61.2. The summed E-state index contributed by atoms with van der Waals surface area (Å²) in [4.78, 5) is 58.0. The molecule has 0 bridgehead atoms. The number of anilines is 1. The fourth-order valence-corrected chi connectivity index (χ4v) is 11.2. The Labute approximate surface area is 435 Å². The Kier molecular flexibility index (Phi) is 20.9. The molecule has 4 aliphatic rings. The molecule has 0 aromatic heterocycles. The van der Waals surface area contributed by atoms with Gasteiger partial charge in [-0.25, -0.2) is 9.18 Å². The van der Waals surface area contributed by atoms with Gasteiger partial charge in [-0.3, -0.25) is 19.3 Å². The Morgan fingerprint density at radius 3 is 2.20 bits per heavy atom. The molecule has 21 nitrogen and oxygen atoms in total. The lowest BCUT2D eigenvalue weighted by atomic mass is 9.77. The van der Waals surface area contributed by atoms with Crippen molar-refractivity contribution in [2.45, 2.75) is 204 Å². The molecule has 1 unspecified atom stereocenters. The van der Waals surface area contributed by atoms with Gasteiger partial charge >= 0.3 is 18.0 Å². The summed E-state index contributed by atoms with van der Waals surface area (Å²) in [6.07, 6.45) is -14.6. The van der Waals surface area contributed by atoms with E-state index in [9.17, 15) is 49.1 Å². The van der Waals surface area contributed by atoms with E-state index in [2.05, 4.69) is 5.32 Å². The van der Waals surface area contributed by atoms with Crippen LogP contribution in [0.25, 0.3) is 0 Å². The van der Waals surface area contributed by atoms with Crippen LogP contribution in [0.4, 0.5) is 14.9 Å². The van der Waals surface area contributed by atoms with Gasteiger partial charge < -0.3 is 78.5 Å². The van der Waals surface area contributed by atoms with Crippen LogP contribution in [0, 0.1) is 23.6 Å². The number of hydrogen-bond donors (Lipinski definition) is 6. The molecule has 1 aromatic rings. The number of nitrogens with zero attached hydrogens (tertiary/aromatic N) is 3. The average Bonchev–Trinajstić information content (AvgIpc) is 3.71. The predicted molar refractivity (Wildman–Crippen MR) is 266 cm³/mol. The summed E-state index contributed by atoms with van der Waals surface area (Å²) in [5.74, 6) is -4.95. The zero-order valence-electron chi connectivity index (χ0n) is 45.6. The summed E-state index contributed by atoms with van der Waals surface area (Å²) in [6.45, 7) is 17.1. The van der Waals surface area contributed by atoms with E-state index in [4.69, 9.17) is 37.9 Å². The average molecular weight is 1060 g/mol. The van der Waals surface area contributed by atoms with Crippen LogP contribution in [0.1, 0.15) is 101 Å². The zero-order chi connectivity index (χ0) is 55.4. The van der Waals surface area contributed by atoms with Gasteiger partial charge in [-0.05, 0) is 107 Å². The Morgan fingerprint density at radius 2 is 1.58 bits per heavy atom. The Morgan fingerprint density at radius 1 is 0.905 bits per heavy atom. The van der Waals surface area contributed by atoms with Gasteiger partial charge in [0.25, 0.3) is 0 Å². The lowest BCUT2D eigenvalue weighted by Gasteiger charge is -2.50. The number of cyclic esters (lactones) is 2. The number of aliphatic hydroxyl groups is 5. The lowest BCUT2D eigenvalue weighted by Crippen LogP contribution is -2.65. The van der Waals surface area contributed by atoms with Crippen LogP contribution in [0.5, 0.6) is 0 Å². The summed E-state index contributed by atoms with van der Waals surface area (Å²) in [5.41, 5.74) is -4.45. The number of halogens is 1. The van der Waals surface area contributed by atoms with Gasteiger partial charge in [-0.15, -0.1) is 0 Å². The normalized spacial score (nSPS) is 41.2. The van der Waals surface area contributed by atoms with Gasteiger partial charge in [0, 0.05) is 38.5 Å². The SMILES string of the molecule is CC[C@H]1OC(=O)[C@H](C)[C@@H](O[C@H]2C[C@@](C)(OC)[C@@H](O)[C@H](C)O2)[C@H](C)[C@@H](O[C@@H]2O[C@H](C)C(OC(=O)CCC(=O)NC[C@H]3CN(c4cccc(F)c4)C(=O)O3)[C@H](N(C)C)[C@H]2O)[C@](C)(O)C[C@@H](C)CN(C)[C@H](C)[C@@H](O)[C@]1(C)O. The summed E-state index contributed by atoms with van der Waals surface area (Å²) in [5, 5.41) is 62.3. The molecule has 0 saturated carbocycles. The maximum atomic E-state index is 14.5. The van der Waals surface area contributed by atoms with Crippen molar-refractivity contribution in [3.05, 3.63) is 30.1 Å². The van der Waals surface area contributed by atoms with Crippen LogP contribution in [-0.4, -0.2) is 210 Å². The molecule has 2 amide bonds. The van der Waals surface area contributed by atoms with Crippen molar-refractivity contribution in [3.8, 4) is 0 Å². The van der Waals surface area contributed by atoms with Crippen molar-refractivity contribution in [1.82, 2.24) is 15.1 Å². The number of aliphatic hydroxyl groups excluding tert-OH is 3. The summed E-state index contributed by atoms with van der Waals surface area (Å²) in [6, 6.07) is 3.90. The molecule has 22 heteroatoms. The smallest absolute Gasteiger partial charge is 0.414 e. The van der Waals surface area contributed by atoms with Crippen LogP contribution in [0.2, 0.25) is 0 Å². The number of carbonyl (C=O) groups is 4. The second-order valence-corrected chi connectivity index (χ2v) is 22.1. The molecule has 6 N–H and O–H groups in total. The lowest BCUT2D eigenvalue weighted by molar-refractivity contribution is -0.327. The second kappa shape index (κ2) is 25.2. The highest BCUT2D eigenvalue weighted by Gasteiger charge is 2.54. The molecule has 0 spiro atoms. The molecule has 4 saturated heterocycles. The first-order chi connectivity index (χ1) is 34.5. The highest BCUT2D eigenvalue weighted by Crippen LogP contribution is 2.41. The van der Waals surface area contributed by atoms with Gasteiger partial charge in [-0.2, -0.15) is 0 Å². The number of esters is 2. The highest BCUT2D eigenvalue weighted by molar-refractivity contribution is 5.90. The number of ether oxygens (including phenoxy) is 8. The van der Waals surface area contributed by atoms with Crippen LogP contribution in [-0.2, 0) is 52.3 Å². The molecule has 1 aromatic carbocycles. The number of carbonyl (C=O) groups excluding carboxylic acids is 4. The number of likely N-dealkylation sites (N-methyl/N-ethyl adjacent to an activating group) is 2. The third-order valence-corrected chi connectivity index (χ3v) is 15.6. The molecule has 4 fully saturated rings. The topological polar surface area (TPSA) is 265 Å². The van der Waals surface area contributed by atoms with Crippen molar-refractivity contribution < 1.29 is 87.0 Å². The molecule has 422 valence electrons. The standard InChI is InChI=1S/C52H85FN4O17/c1-15-36-52(10,66)44(61)30(5)56(13)25-27(2)22-50(8,65)46(28(3)42(29(4)47(63)71-36)73-39-23-51(9,67-14)45(62)32(7)68-39)74-48-41(60)40(55(11)12)43(31(6)69-48)72-38(59)20-19-37(58)54-24-35-26-57(49(64)70-35)34-18-16-17-33(53)21-34/h16-18,21,27-32,35-36,39-46,48,60-62,65-66H,15,19-20,22-26H2,1-14H3,(H,54,58)/t27-,28+,29-,30-,31-,32+,35+,36-,39+,40-,41-,42+,43?,44-,45+,46-,48+,50-,51-,52-/m1/s1. The Bertz CT molecular complexity index is 2050. The van der Waals surface area contributed by atoms with Crippen LogP contribution in [0.3, 0.4) is 0 Å². The summed E-state index contributed by atoms with van der Waals surface area (Å²) in [7, 11) is 6.60. The van der Waals surface area contributed by atoms with E-state index in [-0.39, 0.29) is 51.1 Å². The molecule has 4 heterocycles. The third kappa shape index (κ3) is 14.3. The molecule has 4 aliphatic heterocycles. The number of methoxy groups -OCH3 is 1. The predicted octanol–water partition coefficient (Wildman–Crippen LogP) is 2.48. The monoisotopic (exact) mass is 1060 g/mol. The van der Waals surface area contributed by atoms with Crippen molar-refractivity contribution in [3.63, 3.8) is 0 Å². The van der Waals surface area contributed by atoms with Crippen molar-refractivity contribution in [1.29, 1.82) is 0 Å². The van der Waals surface area contributed by atoms with Crippen molar-refractivity contribution in [2.24, 2.45) is 17.8 Å². The molecular weight excluding hydrogens is 972 g/mol. The molecule has 74 heavy (non-hydrogen) atoms. The van der Waals surface area contributed by atoms with Crippen LogP contribution in [0.15, 0.2) is 24.3 Å². The van der Waals surface area contributed by atoms with Gasteiger partial charge in [0.1, 0.15) is 48.0 Å². The van der Waals surface area contributed by atoms with E-state index in [0.717, 1.165) is 0 Å². The van der Waals surface area contributed by atoms with Crippen LogP contribution < -0.4 is 10.2 Å². The highest BCUT2D eigenvalue weighted by atomic mass is 19.1. The van der Waals surface area contributed by atoms with Crippen molar-refractivity contribution >= 4 is 29.6 Å². The Balaban J connectivity index is 1.38. The summed E-state index contributed by atoms with van der Waals surface area (Å²) < 4.78 is 63.0. The van der Waals surface area contributed by atoms with Gasteiger partial charge in [0.15, 0.2) is 12.6 Å². The van der Waals surface area contributed by atoms with Gasteiger partial charge in [0.05, 0.1) is 72.8 Å². The van der Waals surface area contributed by atoms with E-state index in [1.54, 1.807) is 87.5 Å². The molecular formula is C52H85FN4O17. The van der Waals surface area contributed by atoms with Gasteiger partial charge in [-0.1, -0.05) is 26.8 Å². The maximum Gasteiger partial charge on any atom is 0.414 e. The maximum absolute atomic E-state index is 14.5. The first-order valence-corrected chi connectivity index (χ1v) is 25.9. The quantitative estimate of drug-likeness (QED) is 0.115. The third-order valence-electron chi connectivity index (χ3n) is 15.6. The Hall–Kier alpha value is -3.65. The first-order valence-electron chi connectivity index (χ1n) is 25.9. The minimum atomic E-state index is -1.89. The minimum absolute atomic E-state index is 0.0364. The number of amides is 2. The number of benzene rings is 1. The second-order valence-electron chi connectivity index (χ2n) is 22.1. The summed E-state index contributed by atoms with van der Waals surface area (Å²) >= 11 is 0. The molecule has 20 atom stereocenters. The van der Waals surface area contributed by atoms with Crippen LogP contribution >= 0.6 is 0 Å².